The van der Waals surface area contributed by atoms with Crippen LogP contribution < -0.4 is 10.1 Å². The second-order valence-electron chi connectivity index (χ2n) is 7.09. The summed E-state index contributed by atoms with van der Waals surface area (Å²) in [6.07, 6.45) is 4.87. The summed E-state index contributed by atoms with van der Waals surface area (Å²) >= 11 is 12.2. The lowest BCUT2D eigenvalue weighted by Crippen LogP contribution is -2.17. The van der Waals surface area contributed by atoms with Crippen molar-refractivity contribution in [3.63, 3.8) is 0 Å². The Morgan fingerprint density at radius 1 is 0.967 bits per heavy atom. The molecule has 2 aromatic heterocycles. The standard InChI is InChI=1S/C24H23Cl2N3O/c25-21-10-9-18(14-22(21)26)16-29-17-19(20-6-1-2-7-23(20)29)15-27-11-5-13-30-24-8-3-4-12-28-24/h1-4,6-10,12,14,17,27H,5,11,13,15-16H2. The zero-order valence-corrected chi connectivity index (χ0v) is 18.0. The third-order valence-corrected chi connectivity index (χ3v) is 5.65. The molecular formula is C24H23Cl2N3O. The van der Waals surface area contributed by atoms with Gasteiger partial charge in [-0.2, -0.15) is 0 Å². The van der Waals surface area contributed by atoms with Crippen LogP contribution in [0.2, 0.25) is 10.0 Å². The molecule has 0 aliphatic heterocycles. The summed E-state index contributed by atoms with van der Waals surface area (Å²) in [7, 11) is 0. The van der Waals surface area contributed by atoms with Crippen LogP contribution in [0.3, 0.4) is 0 Å². The molecule has 0 fully saturated rings. The Hall–Kier alpha value is -2.53. The average Bonchev–Trinajstić information content (AvgIpc) is 3.11. The van der Waals surface area contributed by atoms with Crippen LogP contribution in [-0.4, -0.2) is 22.7 Å². The minimum atomic E-state index is 0.578. The molecule has 4 rings (SSSR count). The van der Waals surface area contributed by atoms with Gasteiger partial charge in [0.25, 0.3) is 0 Å². The predicted octanol–water partition coefficient (Wildman–Crippen LogP) is 5.95. The normalized spacial score (nSPS) is 11.1. The van der Waals surface area contributed by atoms with Gasteiger partial charge in [0.05, 0.1) is 16.7 Å². The Balaban J connectivity index is 1.36. The van der Waals surface area contributed by atoms with Crippen molar-refractivity contribution in [1.82, 2.24) is 14.9 Å². The van der Waals surface area contributed by atoms with Gasteiger partial charge in [0.1, 0.15) is 0 Å². The van der Waals surface area contributed by atoms with E-state index >= 15 is 0 Å². The van der Waals surface area contributed by atoms with Gasteiger partial charge in [-0.3, -0.25) is 0 Å². The summed E-state index contributed by atoms with van der Waals surface area (Å²) in [5, 5.41) is 5.94. The molecule has 4 aromatic rings. The van der Waals surface area contributed by atoms with E-state index in [0.717, 1.165) is 31.6 Å². The quantitative estimate of drug-likeness (QED) is 0.327. The SMILES string of the molecule is Clc1ccc(Cn2cc(CNCCCOc3ccccn3)c3ccccc32)cc1Cl. The summed E-state index contributed by atoms with van der Waals surface area (Å²) in [6.45, 7) is 3.07. The fourth-order valence-corrected chi connectivity index (χ4v) is 3.78. The first-order valence-corrected chi connectivity index (χ1v) is 10.7. The molecule has 30 heavy (non-hydrogen) atoms. The van der Waals surface area contributed by atoms with Crippen LogP contribution in [-0.2, 0) is 13.1 Å². The van der Waals surface area contributed by atoms with E-state index in [1.54, 1.807) is 6.20 Å². The Morgan fingerprint density at radius 2 is 1.83 bits per heavy atom. The third-order valence-electron chi connectivity index (χ3n) is 4.91. The van der Waals surface area contributed by atoms with Gasteiger partial charge in [-0.15, -0.1) is 0 Å². The molecule has 154 valence electrons. The Bertz CT molecular complexity index is 1110. The maximum absolute atomic E-state index is 6.19. The van der Waals surface area contributed by atoms with E-state index in [9.17, 15) is 0 Å². The van der Waals surface area contributed by atoms with E-state index in [4.69, 9.17) is 27.9 Å². The van der Waals surface area contributed by atoms with Gasteiger partial charge in [0.2, 0.25) is 5.88 Å². The van der Waals surface area contributed by atoms with Gasteiger partial charge in [-0.25, -0.2) is 4.98 Å². The first-order valence-electron chi connectivity index (χ1n) is 9.96. The number of nitrogens with one attached hydrogen (secondary N) is 1. The summed E-state index contributed by atoms with van der Waals surface area (Å²) in [6, 6.07) is 19.9. The highest BCUT2D eigenvalue weighted by molar-refractivity contribution is 6.42. The number of rotatable bonds is 9. The maximum atomic E-state index is 6.19. The molecule has 0 amide bonds. The van der Waals surface area contributed by atoms with Gasteiger partial charge < -0.3 is 14.6 Å². The van der Waals surface area contributed by atoms with Crippen molar-refractivity contribution < 1.29 is 4.74 Å². The molecule has 0 radical (unpaired) electrons. The lowest BCUT2D eigenvalue weighted by Gasteiger charge is -2.07. The van der Waals surface area contributed by atoms with E-state index in [2.05, 4.69) is 45.3 Å². The van der Waals surface area contributed by atoms with E-state index in [-0.39, 0.29) is 0 Å². The van der Waals surface area contributed by atoms with Crippen molar-refractivity contribution in [3.8, 4) is 5.88 Å². The van der Waals surface area contributed by atoms with Gasteiger partial charge >= 0.3 is 0 Å². The van der Waals surface area contributed by atoms with Gasteiger partial charge in [-0.05, 0) is 48.4 Å². The highest BCUT2D eigenvalue weighted by Gasteiger charge is 2.09. The first-order chi connectivity index (χ1) is 14.7. The summed E-state index contributed by atoms with van der Waals surface area (Å²) in [4.78, 5) is 4.16. The summed E-state index contributed by atoms with van der Waals surface area (Å²) in [5.41, 5.74) is 3.60. The topological polar surface area (TPSA) is 39.1 Å². The van der Waals surface area contributed by atoms with Crippen molar-refractivity contribution in [2.24, 2.45) is 0 Å². The molecule has 6 heteroatoms. The van der Waals surface area contributed by atoms with Crippen LogP contribution in [0.4, 0.5) is 0 Å². The Morgan fingerprint density at radius 3 is 2.67 bits per heavy atom. The third kappa shape index (κ3) is 5.14. The zero-order chi connectivity index (χ0) is 20.8. The number of aromatic nitrogens is 2. The fourth-order valence-electron chi connectivity index (χ4n) is 3.46. The summed E-state index contributed by atoms with van der Waals surface area (Å²) < 4.78 is 7.90. The Kier molecular flexibility index (Phi) is 6.90. The fraction of sp³-hybridized carbons (Fsp3) is 0.208. The smallest absolute Gasteiger partial charge is 0.213 e. The molecule has 0 saturated carbocycles. The van der Waals surface area contributed by atoms with E-state index in [1.165, 1.54) is 16.5 Å². The van der Waals surface area contributed by atoms with Crippen molar-refractivity contribution in [3.05, 3.63) is 94.2 Å². The predicted molar refractivity (Wildman–Crippen MR) is 124 cm³/mol. The van der Waals surface area contributed by atoms with Crippen molar-refractivity contribution >= 4 is 34.1 Å². The molecule has 4 nitrogen and oxygen atoms in total. The first kappa shape index (κ1) is 20.7. The van der Waals surface area contributed by atoms with E-state index in [1.807, 2.05) is 36.4 Å². The molecule has 1 N–H and O–H groups in total. The van der Waals surface area contributed by atoms with Crippen LogP contribution >= 0.6 is 23.2 Å². The molecule has 0 bridgehead atoms. The van der Waals surface area contributed by atoms with Crippen molar-refractivity contribution in [2.45, 2.75) is 19.5 Å². The second-order valence-corrected chi connectivity index (χ2v) is 7.91. The van der Waals surface area contributed by atoms with Crippen molar-refractivity contribution in [2.75, 3.05) is 13.2 Å². The lowest BCUT2D eigenvalue weighted by atomic mass is 10.2. The zero-order valence-electron chi connectivity index (χ0n) is 16.5. The summed E-state index contributed by atoms with van der Waals surface area (Å²) in [5.74, 6) is 0.669. The van der Waals surface area contributed by atoms with E-state index in [0.29, 0.717) is 22.5 Å². The largest absolute Gasteiger partial charge is 0.478 e. The molecule has 0 atom stereocenters. The molecule has 2 heterocycles. The number of hydrogen-bond donors (Lipinski definition) is 1. The minimum absolute atomic E-state index is 0.578. The monoisotopic (exact) mass is 439 g/mol. The highest BCUT2D eigenvalue weighted by atomic mass is 35.5. The highest BCUT2D eigenvalue weighted by Crippen LogP contribution is 2.26. The second kappa shape index (κ2) is 9.98. The Labute approximate surface area is 186 Å². The van der Waals surface area contributed by atoms with Crippen LogP contribution in [0.25, 0.3) is 10.9 Å². The number of pyridine rings is 1. The van der Waals surface area contributed by atoms with E-state index < -0.39 is 0 Å². The molecular weight excluding hydrogens is 417 g/mol. The number of para-hydroxylation sites is 1. The van der Waals surface area contributed by atoms with Gasteiger partial charge in [-0.1, -0.05) is 53.5 Å². The molecule has 0 saturated heterocycles. The lowest BCUT2D eigenvalue weighted by molar-refractivity contribution is 0.296. The maximum Gasteiger partial charge on any atom is 0.213 e. The number of halogens is 2. The molecule has 2 aromatic carbocycles. The molecule has 0 spiro atoms. The van der Waals surface area contributed by atoms with Gasteiger partial charge in [0, 0.05) is 42.5 Å². The molecule has 0 aliphatic carbocycles. The number of fused-ring (bicyclic) bond motifs is 1. The van der Waals surface area contributed by atoms with Crippen LogP contribution in [0.5, 0.6) is 5.88 Å². The number of benzene rings is 2. The van der Waals surface area contributed by atoms with Crippen LogP contribution in [0.15, 0.2) is 73.1 Å². The van der Waals surface area contributed by atoms with Gasteiger partial charge in [0.15, 0.2) is 0 Å². The minimum Gasteiger partial charge on any atom is -0.478 e. The van der Waals surface area contributed by atoms with Crippen LogP contribution in [0.1, 0.15) is 17.5 Å². The average molecular weight is 440 g/mol. The molecule has 0 unspecified atom stereocenters. The number of nitrogens with zero attached hydrogens (tertiary/aromatic N) is 2. The number of hydrogen-bond acceptors (Lipinski definition) is 3. The number of ether oxygens (including phenoxy) is 1. The molecule has 0 aliphatic rings. The van der Waals surface area contributed by atoms with Crippen molar-refractivity contribution in [1.29, 1.82) is 0 Å². The van der Waals surface area contributed by atoms with Crippen LogP contribution in [0, 0.1) is 0 Å².